The fourth-order valence-corrected chi connectivity index (χ4v) is 1.20. The monoisotopic (exact) mass is 172 g/mol. The van der Waals surface area contributed by atoms with Crippen molar-refractivity contribution in [1.29, 1.82) is 5.26 Å². The molecule has 0 aliphatic carbocycles. The van der Waals surface area contributed by atoms with Gasteiger partial charge in [-0.05, 0) is 18.2 Å². The Kier molecular flexibility index (Phi) is 1.89. The van der Waals surface area contributed by atoms with Crippen molar-refractivity contribution < 1.29 is 4.74 Å². The van der Waals surface area contributed by atoms with E-state index in [2.05, 4.69) is 6.07 Å². The smallest absolute Gasteiger partial charge is 0.164 e. The molecular weight excluding hydrogens is 164 g/mol. The predicted octanol–water partition coefficient (Wildman–Crippen LogP) is 1.82. The van der Waals surface area contributed by atoms with Gasteiger partial charge in [0.05, 0.1) is 11.6 Å². The second-order valence-corrected chi connectivity index (χ2v) is 2.71. The molecule has 0 bridgehead atoms. The summed E-state index contributed by atoms with van der Waals surface area (Å²) in [6.45, 7) is 0.523. The van der Waals surface area contributed by atoms with E-state index in [0.717, 1.165) is 5.69 Å². The number of hydrogen-bond donors (Lipinski definition) is 0. The van der Waals surface area contributed by atoms with E-state index in [1.807, 2.05) is 29.3 Å². The third-order valence-corrected chi connectivity index (χ3v) is 1.86. The van der Waals surface area contributed by atoms with Crippen LogP contribution >= 0.6 is 0 Å². The Balaban J connectivity index is 2.30. The van der Waals surface area contributed by atoms with Crippen LogP contribution in [0.2, 0.25) is 0 Å². The molecule has 0 aromatic heterocycles. The molecule has 0 N–H and O–H groups in total. The number of anilines is 1. The summed E-state index contributed by atoms with van der Waals surface area (Å²) in [7, 11) is 0. The minimum absolute atomic E-state index is 0.523. The fourth-order valence-electron chi connectivity index (χ4n) is 1.20. The maximum atomic E-state index is 8.69. The van der Waals surface area contributed by atoms with Gasteiger partial charge in [-0.2, -0.15) is 5.26 Å². The third-order valence-electron chi connectivity index (χ3n) is 1.86. The van der Waals surface area contributed by atoms with Crippen LogP contribution in [0.5, 0.6) is 0 Å². The summed E-state index contributed by atoms with van der Waals surface area (Å²) in [6.07, 6.45) is 3.48. The first kappa shape index (κ1) is 7.69. The number of ether oxygens (including phenoxy) is 1. The molecule has 0 radical (unpaired) electrons. The van der Waals surface area contributed by atoms with Gasteiger partial charge in [0, 0.05) is 11.9 Å². The highest BCUT2D eigenvalue weighted by Crippen LogP contribution is 2.18. The number of benzene rings is 1. The zero-order chi connectivity index (χ0) is 9.10. The number of hydrogen-bond acceptors (Lipinski definition) is 3. The van der Waals surface area contributed by atoms with Gasteiger partial charge in [0.25, 0.3) is 0 Å². The van der Waals surface area contributed by atoms with Crippen LogP contribution in [-0.4, -0.2) is 6.73 Å². The van der Waals surface area contributed by atoms with Crippen LogP contribution in [0.3, 0.4) is 0 Å². The van der Waals surface area contributed by atoms with Crippen molar-refractivity contribution in [2.24, 2.45) is 0 Å². The summed E-state index contributed by atoms with van der Waals surface area (Å²) < 4.78 is 5.05. The van der Waals surface area contributed by atoms with Crippen LogP contribution in [0.4, 0.5) is 5.69 Å². The number of rotatable bonds is 1. The van der Waals surface area contributed by atoms with Gasteiger partial charge in [0.15, 0.2) is 6.73 Å². The molecule has 1 heterocycles. The molecule has 0 fully saturated rings. The summed E-state index contributed by atoms with van der Waals surface area (Å²) in [4.78, 5) is 1.93. The maximum Gasteiger partial charge on any atom is 0.164 e. The van der Waals surface area contributed by atoms with Crippen molar-refractivity contribution in [3.05, 3.63) is 42.3 Å². The van der Waals surface area contributed by atoms with Crippen LogP contribution in [0, 0.1) is 11.3 Å². The molecule has 0 amide bonds. The highest BCUT2D eigenvalue weighted by Gasteiger charge is 2.07. The molecule has 13 heavy (non-hydrogen) atoms. The standard InChI is InChI=1S/C10H8N2O/c11-7-9-2-1-3-10(6-9)12-4-5-13-8-12/h1-6H,8H2. The normalized spacial score (nSPS) is 13.9. The predicted molar refractivity (Wildman–Crippen MR) is 48.7 cm³/mol. The van der Waals surface area contributed by atoms with Gasteiger partial charge in [-0.15, -0.1) is 0 Å². The van der Waals surface area contributed by atoms with Crippen molar-refractivity contribution >= 4 is 5.69 Å². The van der Waals surface area contributed by atoms with Crippen LogP contribution in [0.15, 0.2) is 36.7 Å². The van der Waals surface area contributed by atoms with Crippen molar-refractivity contribution in [1.82, 2.24) is 0 Å². The Bertz CT molecular complexity index is 379. The lowest BCUT2D eigenvalue weighted by atomic mass is 10.2. The third kappa shape index (κ3) is 1.47. The first-order valence-electron chi connectivity index (χ1n) is 3.95. The lowest BCUT2D eigenvalue weighted by Crippen LogP contribution is -2.12. The van der Waals surface area contributed by atoms with Gasteiger partial charge in [0.1, 0.15) is 6.26 Å². The van der Waals surface area contributed by atoms with Gasteiger partial charge in [-0.25, -0.2) is 0 Å². The van der Waals surface area contributed by atoms with Crippen molar-refractivity contribution in [3.63, 3.8) is 0 Å². The van der Waals surface area contributed by atoms with Gasteiger partial charge in [-0.1, -0.05) is 6.07 Å². The topological polar surface area (TPSA) is 36.3 Å². The van der Waals surface area contributed by atoms with E-state index in [4.69, 9.17) is 10.00 Å². The molecule has 1 aliphatic heterocycles. The van der Waals surface area contributed by atoms with Crippen LogP contribution < -0.4 is 4.90 Å². The van der Waals surface area contributed by atoms with Crippen LogP contribution in [0.25, 0.3) is 0 Å². The Morgan fingerprint density at radius 3 is 3.08 bits per heavy atom. The van der Waals surface area contributed by atoms with Gasteiger partial charge in [-0.3, -0.25) is 0 Å². The van der Waals surface area contributed by atoms with E-state index < -0.39 is 0 Å². The molecule has 0 saturated heterocycles. The molecule has 0 saturated carbocycles. The summed E-state index contributed by atoms with van der Waals surface area (Å²) in [6, 6.07) is 9.52. The first-order valence-corrected chi connectivity index (χ1v) is 3.95. The molecule has 1 aromatic carbocycles. The molecule has 3 heteroatoms. The maximum absolute atomic E-state index is 8.69. The van der Waals surface area contributed by atoms with E-state index in [1.54, 1.807) is 12.3 Å². The lowest BCUT2D eigenvalue weighted by molar-refractivity contribution is 0.282. The Hall–Kier alpha value is -1.95. The summed E-state index contributed by atoms with van der Waals surface area (Å²) in [5, 5.41) is 8.69. The second kappa shape index (κ2) is 3.20. The summed E-state index contributed by atoms with van der Waals surface area (Å²) >= 11 is 0. The number of nitriles is 1. The van der Waals surface area contributed by atoms with Crippen LogP contribution in [-0.2, 0) is 4.74 Å². The zero-order valence-electron chi connectivity index (χ0n) is 6.97. The molecule has 64 valence electrons. The molecule has 2 rings (SSSR count). The summed E-state index contributed by atoms with van der Waals surface area (Å²) in [5.74, 6) is 0. The molecule has 0 spiro atoms. The first-order chi connectivity index (χ1) is 6.40. The van der Waals surface area contributed by atoms with Crippen molar-refractivity contribution in [2.45, 2.75) is 0 Å². The fraction of sp³-hybridized carbons (Fsp3) is 0.100. The highest BCUT2D eigenvalue weighted by molar-refractivity contribution is 5.53. The van der Waals surface area contributed by atoms with Crippen LogP contribution in [0.1, 0.15) is 5.56 Å². The second-order valence-electron chi connectivity index (χ2n) is 2.71. The summed E-state index contributed by atoms with van der Waals surface area (Å²) in [5.41, 5.74) is 1.64. The molecular formula is C10H8N2O. The average Bonchev–Trinajstić information content (AvgIpc) is 2.71. The van der Waals surface area contributed by atoms with E-state index >= 15 is 0 Å². The van der Waals surface area contributed by atoms with Gasteiger partial charge < -0.3 is 9.64 Å². The quantitative estimate of drug-likeness (QED) is 0.648. The molecule has 3 nitrogen and oxygen atoms in total. The van der Waals surface area contributed by atoms with E-state index in [9.17, 15) is 0 Å². The SMILES string of the molecule is N#Cc1cccc(N2C=COC2)c1. The zero-order valence-corrected chi connectivity index (χ0v) is 6.97. The molecule has 0 atom stereocenters. The Morgan fingerprint density at radius 1 is 1.46 bits per heavy atom. The number of nitrogens with zero attached hydrogens (tertiary/aromatic N) is 2. The van der Waals surface area contributed by atoms with E-state index in [1.165, 1.54) is 0 Å². The van der Waals surface area contributed by atoms with E-state index in [-0.39, 0.29) is 0 Å². The van der Waals surface area contributed by atoms with Gasteiger partial charge >= 0.3 is 0 Å². The highest BCUT2D eigenvalue weighted by atomic mass is 16.5. The Labute approximate surface area is 76.5 Å². The minimum Gasteiger partial charge on any atom is -0.479 e. The van der Waals surface area contributed by atoms with E-state index in [0.29, 0.717) is 12.3 Å². The average molecular weight is 172 g/mol. The molecule has 1 aromatic rings. The largest absolute Gasteiger partial charge is 0.479 e. The van der Waals surface area contributed by atoms with Crippen molar-refractivity contribution in [2.75, 3.05) is 11.6 Å². The Morgan fingerprint density at radius 2 is 2.38 bits per heavy atom. The lowest BCUT2D eigenvalue weighted by Gasteiger charge is -2.13. The molecule has 0 unspecified atom stereocenters. The van der Waals surface area contributed by atoms with Crippen molar-refractivity contribution in [3.8, 4) is 6.07 Å². The minimum atomic E-state index is 0.523. The van der Waals surface area contributed by atoms with Gasteiger partial charge in [0.2, 0.25) is 0 Å². The molecule has 1 aliphatic rings.